The summed E-state index contributed by atoms with van der Waals surface area (Å²) in [5, 5.41) is 69.7. The summed E-state index contributed by atoms with van der Waals surface area (Å²) in [4.78, 5) is 14.6. The average molecular weight is 591 g/mol. The smallest absolute Gasteiger partial charge is 0.204 e. The van der Waals surface area contributed by atoms with E-state index in [1.165, 1.54) is 36.4 Å². The molecule has 2 aromatic heterocycles. The number of ketones is 1. The van der Waals surface area contributed by atoms with Crippen LogP contribution in [0.4, 0.5) is 0 Å². The number of benzene rings is 4. The second-order valence-corrected chi connectivity index (χ2v) is 10.3. The first-order chi connectivity index (χ1) is 21.4. The van der Waals surface area contributed by atoms with Crippen LogP contribution in [0, 0.1) is 0 Å². The van der Waals surface area contributed by atoms with Crippen LogP contribution in [-0.2, 0) is 17.6 Å². The topological polar surface area (TPSA) is 207 Å². The summed E-state index contributed by atoms with van der Waals surface area (Å²) < 4.78 is 0. The number of phenolic OH excluding ortho intramolecular Hbond substituents is 4. The van der Waals surface area contributed by atoms with Gasteiger partial charge in [0.1, 0.15) is 28.8 Å². The predicted octanol–water partition coefficient (Wildman–Crippen LogP) is 3.79. The zero-order valence-corrected chi connectivity index (χ0v) is 23.0. The molecule has 0 radical (unpaired) electrons. The minimum absolute atomic E-state index is 0.142. The maximum absolute atomic E-state index is 14.6. The van der Waals surface area contributed by atoms with E-state index in [1.54, 1.807) is 0 Å². The third kappa shape index (κ3) is 5.92. The van der Waals surface area contributed by atoms with Gasteiger partial charge in [-0.3, -0.25) is 4.79 Å². The Balaban J connectivity index is 1.38. The zero-order chi connectivity index (χ0) is 30.6. The summed E-state index contributed by atoms with van der Waals surface area (Å²) in [6.07, 6.45) is 0.408. The number of rotatable bonds is 10. The number of aromatic amines is 2. The minimum atomic E-state index is -0.872. The predicted molar refractivity (Wildman–Crippen MR) is 157 cm³/mol. The molecular weight excluding hydrogens is 564 g/mol. The number of hydrogen-bond donors (Lipinski definition) is 6. The zero-order valence-electron chi connectivity index (χ0n) is 23.0. The van der Waals surface area contributed by atoms with Gasteiger partial charge in [-0.2, -0.15) is 10.4 Å². The highest BCUT2D eigenvalue weighted by Gasteiger charge is 2.33. The number of nitrogens with one attached hydrogen (secondary N) is 2. The highest BCUT2D eigenvalue weighted by molar-refractivity contribution is 5.93. The molecule has 6 N–H and O–H groups in total. The van der Waals surface area contributed by atoms with Crippen molar-refractivity contribution in [1.29, 1.82) is 0 Å². The molecule has 0 aliphatic rings. The van der Waals surface area contributed by atoms with Gasteiger partial charge in [-0.15, -0.1) is 20.4 Å². The molecule has 6 aromatic rings. The van der Waals surface area contributed by atoms with Crippen molar-refractivity contribution < 1.29 is 25.2 Å². The highest BCUT2D eigenvalue weighted by atomic mass is 16.3. The van der Waals surface area contributed by atoms with E-state index in [-0.39, 0.29) is 41.6 Å². The number of H-pyrrole nitrogens is 2. The first-order valence-electron chi connectivity index (χ1n) is 13.6. The van der Waals surface area contributed by atoms with Crippen LogP contribution in [0.2, 0.25) is 0 Å². The first-order valence-corrected chi connectivity index (χ1v) is 13.6. The van der Waals surface area contributed by atoms with Gasteiger partial charge in [0.15, 0.2) is 0 Å². The van der Waals surface area contributed by atoms with Gasteiger partial charge >= 0.3 is 0 Å². The van der Waals surface area contributed by atoms with Crippen LogP contribution in [0.15, 0.2) is 84.9 Å². The minimum Gasteiger partial charge on any atom is -0.508 e. The standard InChI is InChI=1S/C31H26N8O5/c40-21-9-11-23(27(42)15-21)25(13-17-1-5-19(6-2-17)30-32-36-37-33-30)29(44)26(24-12-10-22(41)16-28(24)43)14-18-3-7-20(8-4-18)31-34-38-39-35-31/h1-12,15-16,25-26,40-43H,13-14H2,(H,32,33,36,37)(H,34,35,38,39). The molecule has 0 aliphatic carbocycles. The number of aromatic nitrogens is 8. The van der Waals surface area contributed by atoms with Gasteiger partial charge in [0.2, 0.25) is 11.6 Å². The normalized spacial score (nSPS) is 12.5. The van der Waals surface area contributed by atoms with Crippen molar-refractivity contribution in [1.82, 2.24) is 41.2 Å². The van der Waals surface area contributed by atoms with Gasteiger partial charge in [0.25, 0.3) is 0 Å². The van der Waals surface area contributed by atoms with Crippen LogP contribution < -0.4 is 0 Å². The molecule has 0 aliphatic heterocycles. The van der Waals surface area contributed by atoms with Crippen molar-refractivity contribution in [2.45, 2.75) is 24.7 Å². The summed E-state index contributed by atoms with van der Waals surface area (Å²) in [6, 6.07) is 22.9. The molecular formula is C31H26N8O5. The Kier molecular flexibility index (Phi) is 7.65. The Morgan fingerprint density at radius 1 is 0.591 bits per heavy atom. The molecule has 2 unspecified atom stereocenters. The summed E-state index contributed by atoms with van der Waals surface area (Å²) in [5.74, 6) is -1.92. The summed E-state index contributed by atoms with van der Waals surface area (Å²) in [5.41, 5.74) is 3.70. The van der Waals surface area contributed by atoms with Crippen molar-refractivity contribution in [2.75, 3.05) is 0 Å². The molecule has 4 aromatic carbocycles. The van der Waals surface area contributed by atoms with Gasteiger partial charge in [0.05, 0.1) is 11.8 Å². The molecule has 0 bridgehead atoms. The fraction of sp³-hybridized carbons (Fsp3) is 0.129. The number of carbonyl (C=O) groups is 1. The number of nitrogens with zero attached hydrogens (tertiary/aromatic N) is 6. The number of carbonyl (C=O) groups excluding carboxylic acids is 1. The molecule has 0 amide bonds. The molecule has 2 heterocycles. The van der Waals surface area contributed by atoms with E-state index >= 15 is 0 Å². The Bertz CT molecular complexity index is 1740. The lowest BCUT2D eigenvalue weighted by atomic mass is 9.77. The van der Waals surface area contributed by atoms with E-state index in [4.69, 9.17) is 0 Å². The number of phenols is 4. The third-order valence-corrected chi connectivity index (χ3v) is 7.46. The van der Waals surface area contributed by atoms with Crippen molar-refractivity contribution in [2.24, 2.45) is 0 Å². The van der Waals surface area contributed by atoms with E-state index in [2.05, 4.69) is 41.2 Å². The van der Waals surface area contributed by atoms with E-state index in [1.807, 2.05) is 48.5 Å². The van der Waals surface area contributed by atoms with Crippen molar-refractivity contribution in [3.05, 3.63) is 107 Å². The van der Waals surface area contributed by atoms with Crippen molar-refractivity contribution in [3.63, 3.8) is 0 Å². The van der Waals surface area contributed by atoms with Gasteiger partial charge in [-0.25, -0.2) is 0 Å². The Morgan fingerprint density at radius 3 is 1.34 bits per heavy atom. The van der Waals surface area contributed by atoms with Crippen LogP contribution in [0.3, 0.4) is 0 Å². The lowest BCUT2D eigenvalue weighted by molar-refractivity contribution is -0.122. The van der Waals surface area contributed by atoms with Crippen LogP contribution >= 0.6 is 0 Å². The molecule has 2 atom stereocenters. The molecule has 0 fully saturated rings. The Labute approximate surface area is 249 Å². The third-order valence-electron chi connectivity index (χ3n) is 7.46. The molecule has 0 saturated heterocycles. The summed E-state index contributed by atoms with van der Waals surface area (Å²) in [6.45, 7) is 0. The molecule has 44 heavy (non-hydrogen) atoms. The molecule has 13 heteroatoms. The second kappa shape index (κ2) is 12.0. The molecule has 0 spiro atoms. The molecule has 0 saturated carbocycles. The van der Waals surface area contributed by atoms with Gasteiger partial charge < -0.3 is 20.4 Å². The quantitative estimate of drug-likeness (QED) is 0.135. The van der Waals surface area contributed by atoms with E-state index in [9.17, 15) is 25.2 Å². The van der Waals surface area contributed by atoms with Crippen molar-refractivity contribution in [3.8, 4) is 45.8 Å². The van der Waals surface area contributed by atoms with E-state index in [0.717, 1.165) is 22.3 Å². The Hall–Kier alpha value is -6.11. The number of Topliss-reactive ketones (excluding diaryl/α,β-unsaturated/α-hetero) is 1. The van der Waals surface area contributed by atoms with Gasteiger partial charge in [-0.1, -0.05) is 60.7 Å². The second-order valence-electron chi connectivity index (χ2n) is 10.3. The van der Waals surface area contributed by atoms with Crippen LogP contribution in [0.5, 0.6) is 23.0 Å². The fourth-order valence-corrected chi connectivity index (χ4v) is 5.24. The monoisotopic (exact) mass is 590 g/mol. The molecule has 220 valence electrons. The number of tetrazole rings is 2. The number of hydrogen-bond acceptors (Lipinski definition) is 11. The largest absolute Gasteiger partial charge is 0.508 e. The van der Waals surface area contributed by atoms with E-state index < -0.39 is 11.8 Å². The van der Waals surface area contributed by atoms with Gasteiger partial charge in [0, 0.05) is 34.4 Å². The van der Waals surface area contributed by atoms with Crippen LogP contribution in [0.1, 0.15) is 34.1 Å². The Morgan fingerprint density at radius 2 is 1.00 bits per heavy atom. The SMILES string of the molecule is O=C(C(Cc1ccc(-c2nn[nH]n2)cc1)c1ccc(O)cc1O)C(Cc1ccc(-c2nn[nH]n2)cc1)c1ccc(O)cc1O. The molecule has 6 rings (SSSR count). The van der Waals surface area contributed by atoms with Crippen LogP contribution in [-0.4, -0.2) is 67.5 Å². The summed E-state index contributed by atoms with van der Waals surface area (Å²) in [7, 11) is 0. The number of aromatic hydroxyl groups is 4. The summed E-state index contributed by atoms with van der Waals surface area (Å²) >= 11 is 0. The maximum Gasteiger partial charge on any atom is 0.204 e. The van der Waals surface area contributed by atoms with Gasteiger partial charge in [-0.05, 0) is 46.5 Å². The average Bonchev–Trinajstić information content (AvgIpc) is 3.76. The lowest BCUT2D eigenvalue weighted by Gasteiger charge is -2.25. The highest BCUT2D eigenvalue weighted by Crippen LogP contribution is 2.40. The lowest BCUT2D eigenvalue weighted by Crippen LogP contribution is -2.24. The van der Waals surface area contributed by atoms with Crippen LogP contribution in [0.25, 0.3) is 22.8 Å². The first kappa shape index (κ1) is 28.0. The fourth-order valence-electron chi connectivity index (χ4n) is 5.24. The van der Waals surface area contributed by atoms with Crippen molar-refractivity contribution >= 4 is 5.78 Å². The van der Waals surface area contributed by atoms with E-state index in [0.29, 0.717) is 22.8 Å². The maximum atomic E-state index is 14.6. The molecule has 13 nitrogen and oxygen atoms in total.